The van der Waals surface area contributed by atoms with Gasteiger partial charge in [0, 0.05) is 10.0 Å². The van der Waals surface area contributed by atoms with Crippen LogP contribution < -0.4 is 0 Å². The molecule has 0 saturated heterocycles. The van der Waals surface area contributed by atoms with Crippen molar-refractivity contribution in [3.8, 4) is 11.3 Å². The zero-order valence-electron chi connectivity index (χ0n) is 13.8. The number of halogens is 1. The third-order valence-electron chi connectivity index (χ3n) is 3.80. The smallest absolute Gasteiger partial charge is 0.335 e. The normalized spacial score (nSPS) is 11.2. The molecule has 0 amide bonds. The van der Waals surface area contributed by atoms with Crippen LogP contribution >= 0.6 is 15.9 Å². The molecule has 3 aromatic rings. The fourth-order valence-electron chi connectivity index (χ4n) is 2.40. The van der Waals surface area contributed by atoms with Crippen molar-refractivity contribution in [1.29, 1.82) is 0 Å². The fraction of sp³-hybridized carbons (Fsp3) is 0.100. The zero-order valence-corrected chi connectivity index (χ0v) is 15.4. The first kappa shape index (κ1) is 17.2. The van der Waals surface area contributed by atoms with Crippen molar-refractivity contribution in [3.05, 3.63) is 75.5 Å². The third kappa shape index (κ3) is 3.88. The van der Waals surface area contributed by atoms with Crippen molar-refractivity contribution >= 4 is 33.8 Å². The number of nitrogens with zero attached hydrogens (tertiary/aromatic N) is 1. The van der Waals surface area contributed by atoms with E-state index in [0.29, 0.717) is 11.4 Å². The van der Waals surface area contributed by atoms with Crippen LogP contribution in [-0.4, -0.2) is 17.3 Å². The summed E-state index contributed by atoms with van der Waals surface area (Å²) in [7, 11) is 0. The van der Waals surface area contributed by atoms with Crippen LogP contribution in [0.3, 0.4) is 0 Å². The molecule has 0 radical (unpaired) electrons. The molecule has 25 heavy (non-hydrogen) atoms. The molecule has 2 aromatic carbocycles. The largest absolute Gasteiger partial charge is 0.478 e. The Hall–Kier alpha value is -2.66. The Morgan fingerprint density at radius 3 is 2.64 bits per heavy atom. The molecular formula is C20H16BrNO3. The lowest BCUT2D eigenvalue weighted by atomic mass is 10.1. The van der Waals surface area contributed by atoms with E-state index in [1.54, 1.807) is 24.4 Å². The van der Waals surface area contributed by atoms with Gasteiger partial charge < -0.3 is 9.52 Å². The van der Waals surface area contributed by atoms with E-state index >= 15 is 0 Å². The number of hydrogen-bond donors (Lipinski definition) is 1. The van der Waals surface area contributed by atoms with Crippen LogP contribution in [0.15, 0.2) is 62.4 Å². The Labute approximate surface area is 154 Å². The van der Waals surface area contributed by atoms with E-state index in [2.05, 4.69) is 20.9 Å². The van der Waals surface area contributed by atoms with Gasteiger partial charge in [-0.05, 0) is 61.4 Å². The zero-order chi connectivity index (χ0) is 18.0. The highest BCUT2D eigenvalue weighted by Gasteiger charge is 2.08. The number of rotatable bonds is 4. The molecule has 5 heteroatoms. The minimum absolute atomic E-state index is 0.210. The predicted molar refractivity (Wildman–Crippen MR) is 102 cm³/mol. The number of carbonyl (C=O) groups is 1. The van der Waals surface area contributed by atoms with Crippen molar-refractivity contribution < 1.29 is 14.3 Å². The summed E-state index contributed by atoms with van der Waals surface area (Å²) in [5.74, 6) is 0.368. The van der Waals surface area contributed by atoms with Crippen LogP contribution in [0.5, 0.6) is 0 Å². The van der Waals surface area contributed by atoms with Crippen molar-refractivity contribution in [1.82, 2.24) is 0 Å². The van der Waals surface area contributed by atoms with Gasteiger partial charge in [0.25, 0.3) is 0 Å². The van der Waals surface area contributed by atoms with Gasteiger partial charge in [0.05, 0.1) is 17.5 Å². The number of hydrogen-bond acceptors (Lipinski definition) is 3. The van der Waals surface area contributed by atoms with E-state index in [1.807, 2.05) is 44.2 Å². The lowest BCUT2D eigenvalue weighted by Gasteiger charge is -2.02. The summed E-state index contributed by atoms with van der Waals surface area (Å²) in [6, 6.07) is 14.6. The number of aromatic carboxylic acids is 1. The predicted octanol–water partition coefficient (Wildman–Crippen LogP) is 5.77. The average Bonchev–Trinajstić information content (AvgIpc) is 3.02. The minimum atomic E-state index is -0.971. The van der Waals surface area contributed by atoms with E-state index < -0.39 is 5.97 Å². The van der Waals surface area contributed by atoms with Crippen LogP contribution in [0.4, 0.5) is 5.69 Å². The van der Waals surface area contributed by atoms with Gasteiger partial charge in [0.2, 0.25) is 0 Å². The second kappa shape index (κ2) is 7.07. The third-order valence-corrected chi connectivity index (χ3v) is 4.46. The molecule has 4 nitrogen and oxygen atoms in total. The Morgan fingerprint density at radius 2 is 1.92 bits per heavy atom. The number of carboxylic acid groups (broad SMARTS) is 1. The highest BCUT2D eigenvalue weighted by atomic mass is 79.9. The maximum atomic E-state index is 11.1. The van der Waals surface area contributed by atoms with Gasteiger partial charge in [-0.15, -0.1) is 0 Å². The van der Waals surface area contributed by atoms with E-state index in [0.717, 1.165) is 26.9 Å². The Balaban J connectivity index is 1.87. The molecule has 0 saturated carbocycles. The van der Waals surface area contributed by atoms with Gasteiger partial charge in [-0.3, -0.25) is 4.99 Å². The number of benzene rings is 2. The summed E-state index contributed by atoms with van der Waals surface area (Å²) in [6.45, 7) is 3.91. The molecule has 0 spiro atoms. The summed E-state index contributed by atoms with van der Waals surface area (Å²) >= 11 is 3.55. The second-order valence-electron chi connectivity index (χ2n) is 5.75. The second-order valence-corrected chi connectivity index (χ2v) is 6.60. The van der Waals surface area contributed by atoms with Gasteiger partial charge >= 0.3 is 5.97 Å². The summed E-state index contributed by atoms with van der Waals surface area (Å²) in [5, 5.41) is 9.09. The number of aliphatic imine (C=N–C) groups is 1. The van der Waals surface area contributed by atoms with Gasteiger partial charge in [0.1, 0.15) is 11.5 Å². The van der Waals surface area contributed by atoms with Crippen LogP contribution in [0, 0.1) is 13.8 Å². The molecule has 0 atom stereocenters. The van der Waals surface area contributed by atoms with Crippen LogP contribution in [0.25, 0.3) is 11.3 Å². The van der Waals surface area contributed by atoms with Gasteiger partial charge in [-0.2, -0.15) is 0 Å². The molecule has 3 rings (SSSR count). The van der Waals surface area contributed by atoms with E-state index in [9.17, 15) is 4.79 Å². The maximum absolute atomic E-state index is 11.1. The summed E-state index contributed by atoms with van der Waals surface area (Å²) in [5.41, 5.74) is 3.84. The van der Waals surface area contributed by atoms with Crippen molar-refractivity contribution in [2.75, 3.05) is 0 Å². The fourth-order valence-corrected chi connectivity index (χ4v) is 3.09. The lowest BCUT2D eigenvalue weighted by Crippen LogP contribution is -1.95. The first-order valence-corrected chi connectivity index (χ1v) is 8.48. The number of furan rings is 1. The minimum Gasteiger partial charge on any atom is -0.478 e. The van der Waals surface area contributed by atoms with E-state index in [1.165, 1.54) is 0 Å². The molecule has 126 valence electrons. The molecule has 0 aliphatic carbocycles. The average molecular weight is 398 g/mol. The highest BCUT2D eigenvalue weighted by molar-refractivity contribution is 9.10. The topological polar surface area (TPSA) is 62.8 Å². The Bertz CT molecular complexity index is 973. The molecule has 0 aliphatic rings. The first-order chi connectivity index (χ1) is 11.9. The lowest BCUT2D eigenvalue weighted by molar-refractivity contribution is 0.0697. The number of aryl methyl sites for hydroxylation is 2. The molecule has 0 fully saturated rings. The number of carboxylic acids is 1. The van der Waals surface area contributed by atoms with Crippen molar-refractivity contribution in [2.45, 2.75) is 13.8 Å². The van der Waals surface area contributed by atoms with Crippen LogP contribution in [0.1, 0.15) is 27.2 Å². The standard InChI is InChI=1S/C20H16BrNO3/c1-12-3-7-16(17(21)9-12)19-8-6-15(25-19)11-22-18-10-14(20(23)24)5-4-13(18)2/h3-11H,1-2H3,(H,23,24). The summed E-state index contributed by atoms with van der Waals surface area (Å²) < 4.78 is 6.80. The van der Waals surface area contributed by atoms with E-state index in [-0.39, 0.29) is 5.56 Å². The quantitative estimate of drug-likeness (QED) is 0.567. The van der Waals surface area contributed by atoms with Gasteiger partial charge in [-0.25, -0.2) is 4.79 Å². The SMILES string of the molecule is Cc1ccc(-c2ccc(C=Nc3cc(C(=O)O)ccc3C)o2)c(Br)c1. The van der Waals surface area contributed by atoms with Crippen molar-refractivity contribution in [3.63, 3.8) is 0 Å². The Morgan fingerprint density at radius 1 is 1.12 bits per heavy atom. The first-order valence-electron chi connectivity index (χ1n) is 7.68. The Kier molecular flexibility index (Phi) is 4.86. The maximum Gasteiger partial charge on any atom is 0.335 e. The molecular weight excluding hydrogens is 382 g/mol. The molecule has 0 unspecified atom stereocenters. The van der Waals surface area contributed by atoms with Crippen LogP contribution in [0.2, 0.25) is 0 Å². The molecule has 0 bridgehead atoms. The molecule has 0 aliphatic heterocycles. The molecule has 1 N–H and O–H groups in total. The molecule has 1 aromatic heterocycles. The molecule has 1 heterocycles. The summed E-state index contributed by atoms with van der Waals surface area (Å²) in [4.78, 5) is 15.4. The summed E-state index contributed by atoms with van der Waals surface area (Å²) in [6.07, 6.45) is 1.60. The highest BCUT2D eigenvalue weighted by Crippen LogP contribution is 2.30. The van der Waals surface area contributed by atoms with Crippen LogP contribution in [-0.2, 0) is 0 Å². The van der Waals surface area contributed by atoms with E-state index in [4.69, 9.17) is 9.52 Å². The van der Waals surface area contributed by atoms with Crippen molar-refractivity contribution in [2.24, 2.45) is 4.99 Å². The monoisotopic (exact) mass is 397 g/mol. The van der Waals surface area contributed by atoms with Gasteiger partial charge in [0.15, 0.2) is 0 Å². The van der Waals surface area contributed by atoms with Gasteiger partial charge in [-0.1, -0.05) is 28.1 Å².